The zero-order valence-corrected chi connectivity index (χ0v) is 8.08. The van der Waals surface area contributed by atoms with Crippen molar-refractivity contribution in [1.29, 1.82) is 0 Å². The SMILES string of the molecule is CCC(CC(N)C(=O)O)C(=O)O.Cl. The molecule has 5 nitrogen and oxygen atoms in total. The Kier molecular flexibility index (Phi) is 7.55. The van der Waals surface area contributed by atoms with Crippen LogP contribution in [0.3, 0.4) is 0 Å². The molecule has 0 amide bonds. The minimum atomic E-state index is -1.16. The van der Waals surface area contributed by atoms with E-state index in [9.17, 15) is 9.59 Å². The third kappa shape index (κ3) is 5.43. The summed E-state index contributed by atoms with van der Waals surface area (Å²) in [5, 5.41) is 16.9. The Morgan fingerprint density at radius 1 is 1.31 bits per heavy atom. The number of carbonyl (C=O) groups is 2. The fourth-order valence-corrected chi connectivity index (χ4v) is 0.849. The lowest BCUT2D eigenvalue weighted by Gasteiger charge is -2.11. The first kappa shape index (κ1) is 14.7. The number of nitrogens with two attached hydrogens (primary N) is 1. The topological polar surface area (TPSA) is 101 Å². The summed E-state index contributed by atoms with van der Waals surface area (Å²) in [6.07, 6.45) is 0.386. The highest BCUT2D eigenvalue weighted by molar-refractivity contribution is 5.85. The quantitative estimate of drug-likeness (QED) is 0.608. The maximum atomic E-state index is 10.4. The summed E-state index contributed by atoms with van der Waals surface area (Å²) in [7, 11) is 0. The van der Waals surface area contributed by atoms with Gasteiger partial charge < -0.3 is 15.9 Å². The molecular formula is C7H14ClNO4. The van der Waals surface area contributed by atoms with Gasteiger partial charge in [0.1, 0.15) is 6.04 Å². The summed E-state index contributed by atoms with van der Waals surface area (Å²) in [6.45, 7) is 1.69. The molecule has 4 N–H and O–H groups in total. The maximum absolute atomic E-state index is 10.4. The number of aliphatic carboxylic acids is 2. The van der Waals surface area contributed by atoms with Crippen LogP contribution < -0.4 is 5.73 Å². The van der Waals surface area contributed by atoms with E-state index in [0.29, 0.717) is 6.42 Å². The smallest absolute Gasteiger partial charge is 0.320 e. The summed E-state index contributed by atoms with van der Waals surface area (Å²) in [5.74, 6) is -2.81. The zero-order chi connectivity index (χ0) is 9.72. The van der Waals surface area contributed by atoms with Crippen molar-refractivity contribution in [3.05, 3.63) is 0 Å². The number of carboxylic acid groups (broad SMARTS) is 2. The van der Waals surface area contributed by atoms with Gasteiger partial charge in [-0.3, -0.25) is 9.59 Å². The molecule has 0 saturated heterocycles. The van der Waals surface area contributed by atoms with Crippen molar-refractivity contribution in [3.8, 4) is 0 Å². The molecule has 0 aromatic rings. The third-order valence-electron chi connectivity index (χ3n) is 1.70. The van der Waals surface area contributed by atoms with Crippen LogP contribution in [0, 0.1) is 5.92 Å². The van der Waals surface area contributed by atoms with E-state index in [-0.39, 0.29) is 18.8 Å². The standard InChI is InChI=1S/C7H13NO4.ClH/c1-2-4(6(9)10)3-5(8)7(11)12;/h4-5H,2-3,8H2,1H3,(H,9,10)(H,11,12);1H. The Morgan fingerprint density at radius 2 is 1.77 bits per heavy atom. The van der Waals surface area contributed by atoms with Crippen molar-refractivity contribution in [1.82, 2.24) is 0 Å². The molecule has 0 spiro atoms. The van der Waals surface area contributed by atoms with E-state index in [2.05, 4.69) is 0 Å². The van der Waals surface area contributed by atoms with E-state index < -0.39 is 23.9 Å². The Hall–Kier alpha value is -0.810. The van der Waals surface area contributed by atoms with E-state index in [1.165, 1.54) is 0 Å². The van der Waals surface area contributed by atoms with Crippen LogP contribution in [-0.4, -0.2) is 28.2 Å². The van der Waals surface area contributed by atoms with Crippen LogP contribution in [0.25, 0.3) is 0 Å². The Balaban J connectivity index is 0. The largest absolute Gasteiger partial charge is 0.481 e. The molecule has 13 heavy (non-hydrogen) atoms. The monoisotopic (exact) mass is 211 g/mol. The fraction of sp³-hybridized carbons (Fsp3) is 0.714. The molecule has 0 radical (unpaired) electrons. The molecule has 0 fully saturated rings. The highest BCUT2D eigenvalue weighted by atomic mass is 35.5. The van der Waals surface area contributed by atoms with Crippen LogP contribution in [0.15, 0.2) is 0 Å². The molecular weight excluding hydrogens is 198 g/mol. The lowest BCUT2D eigenvalue weighted by molar-refractivity contribution is -0.143. The lowest BCUT2D eigenvalue weighted by atomic mass is 9.98. The van der Waals surface area contributed by atoms with Crippen molar-refractivity contribution in [2.24, 2.45) is 11.7 Å². The first-order valence-electron chi connectivity index (χ1n) is 3.70. The highest BCUT2D eigenvalue weighted by Gasteiger charge is 2.22. The van der Waals surface area contributed by atoms with Crippen molar-refractivity contribution < 1.29 is 19.8 Å². The van der Waals surface area contributed by atoms with E-state index >= 15 is 0 Å². The molecule has 0 heterocycles. The minimum absolute atomic E-state index is 0. The number of hydrogen-bond acceptors (Lipinski definition) is 3. The van der Waals surface area contributed by atoms with Gasteiger partial charge in [0.15, 0.2) is 0 Å². The molecule has 0 aliphatic carbocycles. The average molecular weight is 212 g/mol. The molecule has 78 valence electrons. The molecule has 0 aliphatic heterocycles. The normalized spacial score (nSPS) is 14.0. The van der Waals surface area contributed by atoms with E-state index in [1.807, 2.05) is 0 Å². The Bertz CT molecular complexity index is 185. The zero-order valence-electron chi connectivity index (χ0n) is 7.27. The van der Waals surface area contributed by atoms with Crippen molar-refractivity contribution >= 4 is 24.3 Å². The van der Waals surface area contributed by atoms with Crippen LogP contribution in [-0.2, 0) is 9.59 Å². The van der Waals surface area contributed by atoms with Gasteiger partial charge in [0.25, 0.3) is 0 Å². The summed E-state index contributed by atoms with van der Waals surface area (Å²) in [6, 6.07) is -1.08. The predicted molar refractivity (Wildman–Crippen MR) is 48.9 cm³/mol. The molecule has 0 rings (SSSR count). The average Bonchev–Trinajstić information content (AvgIpc) is 1.98. The number of hydrogen-bond donors (Lipinski definition) is 3. The van der Waals surface area contributed by atoms with E-state index in [1.54, 1.807) is 6.92 Å². The lowest BCUT2D eigenvalue weighted by Crippen LogP contribution is -2.34. The van der Waals surface area contributed by atoms with E-state index in [4.69, 9.17) is 15.9 Å². The first-order chi connectivity index (χ1) is 5.49. The van der Waals surface area contributed by atoms with Crippen molar-refractivity contribution in [2.75, 3.05) is 0 Å². The summed E-state index contributed by atoms with van der Waals surface area (Å²) < 4.78 is 0. The van der Waals surface area contributed by atoms with Gasteiger partial charge in [-0.05, 0) is 12.8 Å². The number of carboxylic acids is 2. The van der Waals surface area contributed by atoms with Gasteiger partial charge in [0, 0.05) is 0 Å². The van der Waals surface area contributed by atoms with Crippen LogP contribution in [0.1, 0.15) is 19.8 Å². The van der Waals surface area contributed by atoms with Crippen LogP contribution in [0.4, 0.5) is 0 Å². The molecule has 0 bridgehead atoms. The van der Waals surface area contributed by atoms with Gasteiger partial charge in [-0.15, -0.1) is 12.4 Å². The Morgan fingerprint density at radius 3 is 2.00 bits per heavy atom. The van der Waals surface area contributed by atoms with Crippen molar-refractivity contribution in [3.63, 3.8) is 0 Å². The van der Waals surface area contributed by atoms with Crippen LogP contribution in [0.2, 0.25) is 0 Å². The molecule has 0 saturated carbocycles. The van der Waals surface area contributed by atoms with Gasteiger partial charge in [0.05, 0.1) is 5.92 Å². The third-order valence-corrected chi connectivity index (χ3v) is 1.70. The van der Waals surface area contributed by atoms with Gasteiger partial charge in [-0.25, -0.2) is 0 Å². The molecule has 0 aromatic heterocycles. The second-order valence-corrected chi connectivity index (χ2v) is 2.62. The fourth-order valence-electron chi connectivity index (χ4n) is 0.849. The molecule has 6 heteroatoms. The highest BCUT2D eigenvalue weighted by Crippen LogP contribution is 2.10. The van der Waals surface area contributed by atoms with Crippen molar-refractivity contribution in [2.45, 2.75) is 25.8 Å². The second kappa shape index (κ2) is 6.68. The van der Waals surface area contributed by atoms with Gasteiger partial charge >= 0.3 is 11.9 Å². The summed E-state index contributed by atoms with van der Waals surface area (Å²) in [5.41, 5.74) is 5.17. The first-order valence-corrected chi connectivity index (χ1v) is 3.70. The number of rotatable bonds is 5. The van der Waals surface area contributed by atoms with E-state index in [0.717, 1.165) is 0 Å². The van der Waals surface area contributed by atoms with Gasteiger partial charge in [-0.1, -0.05) is 6.92 Å². The predicted octanol–water partition coefficient (Wildman–Crippen LogP) is 0.321. The second-order valence-electron chi connectivity index (χ2n) is 2.62. The van der Waals surface area contributed by atoms with Gasteiger partial charge in [-0.2, -0.15) is 0 Å². The molecule has 0 aromatic carbocycles. The summed E-state index contributed by atoms with van der Waals surface area (Å²) >= 11 is 0. The van der Waals surface area contributed by atoms with Gasteiger partial charge in [0.2, 0.25) is 0 Å². The molecule has 2 atom stereocenters. The van der Waals surface area contributed by atoms with Crippen LogP contribution >= 0.6 is 12.4 Å². The molecule has 2 unspecified atom stereocenters. The summed E-state index contributed by atoms with van der Waals surface area (Å²) in [4.78, 5) is 20.7. The Labute approximate surface area is 82.3 Å². The number of halogens is 1. The molecule has 0 aliphatic rings. The van der Waals surface area contributed by atoms with Crippen LogP contribution in [0.5, 0.6) is 0 Å². The maximum Gasteiger partial charge on any atom is 0.320 e. The minimum Gasteiger partial charge on any atom is -0.481 e.